The number of aromatic amines is 1. The zero-order chi connectivity index (χ0) is 22.0. The normalized spacial score (nSPS) is 11.0. The zero-order valence-corrected chi connectivity index (χ0v) is 17.5. The smallest absolute Gasteiger partial charge is 0.307 e. The van der Waals surface area contributed by atoms with Crippen molar-refractivity contribution < 1.29 is 9.90 Å². The van der Waals surface area contributed by atoms with Crippen LogP contribution in [0.3, 0.4) is 0 Å². The SMILES string of the molecule is CCc1nn(Cc2ccc(-c3nc4ccc(C#N)cc4[nH]3)cc2)c(CC)c1CC(=O)O. The second kappa shape index (κ2) is 8.44. The van der Waals surface area contributed by atoms with Gasteiger partial charge in [-0.15, -0.1) is 0 Å². The van der Waals surface area contributed by atoms with Crippen LogP contribution in [0.5, 0.6) is 0 Å². The van der Waals surface area contributed by atoms with Crippen molar-refractivity contribution in [2.24, 2.45) is 0 Å². The summed E-state index contributed by atoms with van der Waals surface area (Å²) >= 11 is 0. The lowest BCUT2D eigenvalue weighted by atomic mass is 10.1. The van der Waals surface area contributed by atoms with E-state index in [1.807, 2.05) is 48.9 Å². The number of hydrogen-bond acceptors (Lipinski definition) is 4. The number of rotatable bonds is 7. The van der Waals surface area contributed by atoms with Crippen molar-refractivity contribution >= 4 is 17.0 Å². The number of hydrogen-bond donors (Lipinski definition) is 2. The van der Waals surface area contributed by atoms with Gasteiger partial charge < -0.3 is 10.1 Å². The Morgan fingerprint density at radius 3 is 2.58 bits per heavy atom. The van der Waals surface area contributed by atoms with E-state index in [0.29, 0.717) is 18.5 Å². The van der Waals surface area contributed by atoms with Crippen molar-refractivity contribution in [1.82, 2.24) is 19.7 Å². The van der Waals surface area contributed by atoms with Crippen LogP contribution in [0.4, 0.5) is 0 Å². The number of nitriles is 1. The Hall–Kier alpha value is -3.92. The molecule has 0 radical (unpaired) electrons. The van der Waals surface area contributed by atoms with Gasteiger partial charge in [0.05, 0.1) is 41.3 Å². The van der Waals surface area contributed by atoms with E-state index in [0.717, 1.165) is 51.4 Å². The minimum Gasteiger partial charge on any atom is -0.481 e. The molecule has 2 aromatic heterocycles. The number of carbonyl (C=O) groups is 1. The van der Waals surface area contributed by atoms with Gasteiger partial charge in [0.25, 0.3) is 0 Å². The summed E-state index contributed by atoms with van der Waals surface area (Å²) in [5.41, 5.74) is 6.96. The summed E-state index contributed by atoms with van der Waals surface area (Å²) in [5.74, 6) is -0.0805. The lowest BCUT2D eigenvalue weighted by Crippen LogP contribution is -2.08. The third-order valence-corrected chi connectivity index (χ3v) is 5.42. The van der Waals surface area contributed by atoms with Crippen molar-refractivity contribution in [1.29, 1.82) is 5.26 Å². The minimum atomic E-state index is -0.832. The van der Waals surface area contributed by atoms with Gasteiger partial charge in [-0.05, 0) is 36.6 Å². The number of imidazole rings is 1. The number of nitrogens with one attached hydrogen (secondary N) is 1. The lowest BCUT2D eigenvalue weighted by Gasteiger charge is -2.08. The molecule has 31 heavy (non-hydrogen) atoms. The first-order valence-corrected chi connectivity index (χ1v) is 10.3. The highest BCUT2D eigenvalue weighted by Crippen LogP contribution is 2.23. The number of carboxylic acids is 1. The van der Waals surface area contributed by atoms with Gasteiger partial charge in [0, 0.05) is 16.8 Å². The molecule has 7 heteroatoms. The molecule has 7 nitrogen and oxygen atoms in total. The summed E-state index contributed by atoms with van der Waals surface area (Å²) in [6.07, 6.45) is 1.45. The number of benzene rings is 2. The summed E-state index contributed by atoms with van der Waals surface area (Å²) in [4.78, 5) is 19.2. The van der Waals surface area contributed by atoms with Crippen molar-refractivity contribution in [3.63, 3.8) is 0 Å². The highest BCUT2D eigenvalue weighted by atomic mass is 16.4. The summed E-state index contributed by atoms with van der Waals surface area (Å²) < 4.78 is 1.93. The number of carboxylic acid groups (broad SMARTS) is 1. The fourth-order valence-corrected chi connectivity index (χ4v) is 3.91. The van der Waals surface area contributed by atoms with E-state index in [4.69, 9.17) is 5.26 Å². The van der Waals surface area contributed by atoms with Gasteiger partial charge in [0.15, 0.2) is 0 Å². The van der Waals surface area contributed by atoms with Gasteiger partial charge in [-0.2, -0.15) is 10.4 Å². The first-order valence-electron chi connectivity index (χ1n) is 10.3. The van der Waals surface area contributed by atoms with Gasteiger partial charge in [0.1, 0.15) is 5.82 Å². The summed E-state index contributed by atoms with van der Waals surface area (Å²) in [6.45, 7) is 4.61. The monoisotopic (exact) mass is 413 g/mol. The van der Waals surface area contributed by atoms with Crippen LogP contribution in [0.15, 0.2) is 42.5 Å². The third kappa shape index (κ3) is 4.05. The Morgan fingerprint density at radius 2 is 1.94 bits per heavy atom. The molecule has 0 amide bonds. The predicted octanol–water partition coefficient (Wildman–Crippen LogP) is 4.10. The Morgan fingerprint density at radius 1 is 1.16 bits per heavy atom. The summed E-state index contributed by atoms with van der Waals surface area (Å²) in [6, 6.07) is 15.6. The van der Waals surface area contributed by atoms with Crippen LogP contribution >= 0.6 is 0 Å². The maximum Gasteiger partial charge on any atom is 0.307 e. The Labute approximate surface area is 180 Å². The van der Waals surface area contributed by atoms with E-state index < -0.39 is 5.97 Å². The van der Waals surface area contributed by atoms with Gasteiger partial charge in [-0.1, -0.05) is 38.1 Å². The molecule has 0 bridgehead atoms. The first-order chi connectivity index (χ1) is 15.0. The maximum atomic E-state index is 11.3. The molecule has 0 saturated carbocycles. The minimum absolute atomic E-state index is 0.00481. The van der Waals surface area contributed by atoms with Gasteiger partial charge in [0.2, 0.25) is 0 Å². The van der Waals surface area contributed by atoms with E-state index in [-0.39, 0.29) is 6.42 Å². The largest absolute Gasteiger partial charge is 0.481 e. The van der Waals surface area contributed by atoms with Crippen LogP contribution in [0.2, 0.25) is 0 Å². The van der Waals surface area contributed by atoms with Crippen LogP contribution in [0.25, 0.3) is 22.4 Å². The fourth-order valence-electron chi connectivity index (χ4n) is 3.91. The van der Waals surface area contributed by atoms with Crippen molar-refractivity contribution in [2.75, 3.05) is 0 Å². The van der Waals surface area contributed by atoms with E-state index in [9.17, 15) is 9.90 Å². The number of aryl methyl sites for hydroxylation is 1. The molecule has 4 rings (SSSR count). The standard InChI is InChI=1S/C24H23N5O2/c1-3-19-18(12-23(30)31)22(4-2)29(28-19)14-15-5-8-17(9-6-15)24-26-20-10-7-16(13-25)11-21(20)27-24/h5-11H,3-4,12,14H2,1-2H3,(H,26,27)(H,30,31). The number of H-pyrrole nitrogens is 1. The molecular weight excluding hydrogens is 390 g/mol. The summed E-state index contributed by atoms with van der Waals surface area (Å²) in [7, 11) is 0. The molecule has 156 valence electrons. The van der Waals surface area contributed by atoms with Gasteiger partial charge >= 0.3 is 5.97 Å². The highest BCUT2D eigenvalue weighted by Gasteiger charge is 2.18. The molecule has 2 heterocycles. The Kier molecular flexibility index (Phi) is 5.54. The second-order valence-corrected chi connectivity index (χ2v) is 7.43. The maximum absolute atomic E-state index is 11.3. The average Bonchev–Trinajstić information content (AvgIpc) is 3.34. The molecule has 2 aromatic carbocycles. The number of nitrogens with zero attached hydrogens (tertiary/aromatic N) is 4. The molecule has 0 unspecified atom stereocenters. The predicted molar refractivity (Wildman–Crippen MR) is 118 cm³/mol. The molecule has 0 atom stereocenters. The Bertz CT molecular complexity index is 1290. The average molecular weight is 413 g/mol. The van der Waals surface area contributed by atoms with Crippen LogP contribution in [-0.4, -0.2) is 30.8 Å². The molecule has 0 spiro atoms. The van der Waals surface area contributed by atoms with Crippen LogP contribution in [0, 0.1) is 11.3 Å². The number of fused-ring (bicyclic) bond motifs is 1. The van der Waals surface area contributed by atoms with Crippen LogP contribution < -0.4 is 0 Å². The van der Waals surface area contributed by atoms with E-state index in [1.165, 1.54) is 0 Å². The van der Waals surface area contributed by atoms with Crippen LogP contribution in [-0.2, 0) is 30.6 Å². The highest BCUT2D eigenvalue weighted by molar-refractivity contribution is 5.80. The molecular formula is C24H23N5O2. The topological polar surface area (TPSA) is 108 Å². The summed E-state index contributed by atoms with van der Waals surface area (Å²) in [5, 5.41) is 23.0. The van der Waals surface area contributed by atoms with Crippen LogP contribution in [0.1, 0.15) is 41.9 Å². The van der Waals surface area contributed by atoms with Gasteiger partial charge in [-0.25, -0.2) is 4.98 Å². The van der Waals surface area contributed by atoms with E-state index in [2.05, 4.69) is 21.1 Å². The molecule has 0 aliphatic rings. The van der Waals surface area contributed by atoms with E-state index >= 15 is 0 Å². The van der Waals surface area contributed by atoms with Gasteiger partial charge in [-0.3, -0.25) is 9.48 Å². The Balaban J connectivity index is 1.60. The lowest BCUT2D eigenvalue weighted by molar-refractivity contribution is -0.136. The molecule has 0 aliphatic heterocycles. The van der Waals surface area contributed by atoms with Crippen molar-refractivity contribution in [3.05, 3.63) is 70.5 Å². The number of aromatic nitrogens is 4. The van der Waals surface area contributed by atoms with Crippen molar-refractivity contribution in [3.8, 4) is 17.5 Å². The molecule has 0 aliphatic carbocycles. The molecule has 0 fully saturated rings. The first kappa shape index (κ1) is 20.4. The quantitative estimate of drug-likeness (QED) is 0.474. The molecule has 4 aromatic rings. The zero-order valence-electron chi connectivity index (χ0n) is 17.5. The fraction of sp³-hybridized carbons (Fsp3) is 0.250. The van der Waals surface area contributed by atoms with Crippen molar-refractivity contribution in [2.45, 2.75) is 39.7 Å². The molecule has 0 saturated heterocycles. The van der Waals surface area contributed by atoms with E-state index in [1.54, 1.807) is 12.1 Å². The second-order valence-electron chi connectivity index (χ2n) is 7.43. The molecule has 2 N–H and O–H groups in total. The third-order valence-electron chi connectivity index (χ3n) is 5.42. The number of aliphatic carboxylic acids is 1.